The van der Waals surface area contributed by atoms with E-state index in [-0.39, 0.29) is 0 Å². The highest BCUT2D eigenvalue weighted by molar-refractivity contribution is 7.98. The van der Waals surface area contributed by atoms with Crippen LogP contribution >= 0.6 is 11.8 Å². The van der Waals surface area contributed by atoms with Crippen molar-refractivity contribution in [2.24, 2.45) is 5.92 Å². The maximum absolute atomic E-state index is 4.89. The SMILES string of the molecule is CC(C)CSCc1nn(-c2ccccc2)c2c1CCC2. The van der Waals surface area contributed by atoms with Gasteiger partial charge in [-0.05, 0) is 48.6 Å². The standard InChI is InChI=1S/C17H22N2S/c1-13(2)11-20-12-16-15-9-6-10-17(15)19(18-16)14-7-4-3-5-8-14/h3-5,7-8,13H,6,9-12H2,1-2H3. The molecule has 0 amide bonds. The molecule has 0 saturated heterocycles. The van der Waals surface area contributed by atoms with Gasteiger partial charge >= 0.3 is 0 Å². The van der Waals surface area contributed by atoms with Gasteiger partial charge in [-0.1, -0.05) is 32.0 Å². The van der Waals surface area contributed by atoms with Crippen LogP contribution in [0.5, 0.6) is 0 Å². The van der Waals surface area contributed by atoms with Crippen molar-refractivity contribution >= 4 is 11.8 Å². The average molecular weight is 286 g/mol. The molecular weight excluding hydrogens is 264 g/mol. The highest BCUT2D eigenvalue weighted by Crippen LogP contribution is 2.30. The molecule has 106 valence electrons. The van der Waals surface area contributed by atoms with Crippen molar-refractivity contribution in [2.75, 3.05) is 5.75 Å². The number of thioether (sulfide) groups is 1. The summed E-state index contributed by atoms with van der Waals surface area (Å²) in [6, 6.07) is 10.5. The average Bonchev–Trinajstić information content (AvgIpc) is 3.03. The molecule has 1 aromatic heterocycles. The Bertz CT molecular complexity index is 572. The third-order valence-electron chi connectivity index (χ3n) is 3.70. The molecule has 3 heteroatoms. The Morgan fingerprint density at radius 1 is 1.20 bits per heavy atom. The Morgan fingerprint density at radius 2 is 2.00 bits per heavy atom. The van der Waals surface area contributed by atoms with Crippen LogP contribution in [0.1, 0.15) is 37.2 Å². The van der Waals surface area contributed by atoms with Crippen LogP contribution in [0.15, 0.2) is 30.3 Å². The molecule has 1 heterocycles. The van der Waals surface area contributed by atoms with Crippen LogP contribution in [0.4, 0.5) is 0 Å². The van der Waals surface area contributed by atoms with Gasteiger partial charge in [-0.25, -0.2) is 4.68 Å². The fourth-order valence-electron chi connectivity index (χ4n) is 2.80. The van der Waals surface area contributed by atoms with E-state index >= 15 is 0 Å². The second-order valence-corrected chi connectivity index (χ2v) is 6.91. The second-order valence-electron chi connectivity index (χ2n) is 5.88. The number of nitrogens with zero attached hydrogens (tertiary/aromatic N) is 2. The minimum absolute atomic E-state index is 0.754. The summed E-state index contributed by atoms with van der Waals surface area (Å²) in [6.45, 7) is 4.56. The van der Waals surface area contributed by atoms with Crippen molar-refractivity contribution in [1.82, 2.24) is 9.78 Å². The molecule has 1 aromatic carbocycles. The first kappa shape index (κ1) is 13.7. The van der Waals surface area contributed by atoms with Crippen molar-refractivity contribution in [2.45, 2.75) is 38.9 Å². The first-order chi connectivity index (χ1) is 9.75. The molecule has 3 rings (SSSR count). The van der Waals surface area contributed by atoms with Gasteiger partial charge in [0.15, 0.2) is 0 Å². The van der Waals surface area contributed by atoms with E-state index in [0.29, 0.717) is 0 Å². The van der Waals surface area contributed by atoms with Crippen molar-refractivity contribution in [3.05, 3.63) is 47.3 Å². The number of benzene rings is 1. The number of para-hydroxylation sites is 1. The predicted molar refractivity (Wildman–Crippen MR) is 86.6 cm³/mol. The van der Waals surface area contributed by atoms with E-state index in [2.05, 4.69) is 48.9 Å². The fraction of sp³-hybridized carbons (Fsp3) is 0.471. The Labute approximate surface area is 125 Å². The normalized spacial score (nSPS) is 13.9. The zero-order chi connectivity index (χ0) is 13.9. The topological polar surface area (TPSA) is 17.8 Å². The van der Waals surface area contributed by atoms with Gasteiger partial charge in [0.1, 0.15) is 0 Å². The highest BCUT2D eigenvalue weighted by Gasteiger charge is 2.22. The van der Waals surface area contributed by atoms with Crippen LogP contribution in [0.2, 0.25) is 0 Å². The largest absolute Gasteiger partial charge is 0.237 e. The molecule has 0 atom stereocenters. The molecule has 0 spiro atoms. The summed E-state index contributed by atoms with van der Waals surface area (Å²) < 4.78 is 2.17. The lowest BCUT2D eigenvalue weighted by atomic mass is 10.2. The second kappa shape index (κ2) is 6.04. The van der Waals surface area contributed by atoms with E-state index in [1.165, 1.54) is 47.7 Å². The van der Waals surface area contributed by atoms with Gasteiger partial charge in [0.2, 0.25) is 0 Å². The van der Waals surface area contributed by atoms with Gasteiger partial charge in [-0.3, -0.25) is 0 Å². The summed E-state index contributed by atoms with van der Waals surface area (Å²) >= 11 is 2.01. The van der Waals surface area contributed by atoms with Crippen LogP contribution in [0.3, 0.4) is 0 Å². The van der Waals surface area contributed by atoms with Gasteiger partial charge in [0.25, 0.3) is 0 Å². The molecule has 20 heavy (non-hydrogen) atoms. The molecule has 2 nitrogen and oxygen atoms in total. The highest BCUT2D eigenvalue weighted by atomic mass is 32.2. The molecule has 0 N–H and O–H groups in total. The van der Waals surface area contributed by atoms with Crippen LogP contribution in [0.25, 0.3) is 5.69 Å². The number of fused-ring (bicyclic) bond motifs is 1. The monoisotopic (exact) mass is 286 g/mol. The van der Waals surface area contributed by atoms with E-state index in [9.17, 15) is 0 Å². The maximum Gasteiger partial charge on any atom is 0.0762 e. The summed E-state index contributed by atoms with van der Waals surface area (Å²) in [5.41, 5.74) is 5.47. The Hall–Kier alpha value is -1.22. The Morgan fingerprint density at radius 3 is 2.75 bits per heavy atom. The molecule has 0 radical (unpaired) electrons. The van der Waals surface area contributed by atoms with Crippen molar-refractivity contribution in [3.8, 4) is 5.69 Å². The molecule has 1 aliphatic rings. The van der Waals surface area contributed by atoms with Gasteiger partial charge < -0.3 is 0 Å². The lowest BCUT2D eigenvalue weighted by Crippen LogP contribution is -2.01. The number of aromatic nitrogens is 2. The number of hydrogen-bond acceptors (Lipinski definition) is 2. The number of rotatable bonds is 5. The molecule has 0 aliphatic heterocycles. The van der Waals surface area contributed by atoms with Crippen molar-refractivity contribution in [1.29, 1.82) is 0 Å². The van der Waals surface area contributed by atoms with Crippen LogP contribution in [-0.2, 0) is 18.6 Å². The smallest absolute Gasteiger partial charge is 0.0762 e. The van der Waals surface area contributed by atoms with E-state index < -0.39 is 0 Å². The van der Waals surface area contributed by atoms with E-state index in [4.69, 9.17) is 5.10 Å². The van der Waals surface area contributed by atoms with Gasteiger partial charge in [0.05, 0.1) is 11.4 Å². The molecule has 0 bridgehead atoms. The lowest BCUT2D eigenvalue weighted by Gasteiger charge is -2.05. The molecule has 0 unspecified atom stereocenters. The fourth-order valence-corrected chi connectivity index (χ4v) is 3.82. The first-order valence-electron chi connectivity index (χ1n) is 7.48. The molecular formula is C17H22N2S. The third kappa shape index (κ3) is 2.78. The van der Waals surface area contributed by atoms with Gasteiger partial charge in [-0.2, -0.15) is 16.9 Å². The quantitative estimate of drug-likeness (QED) is 0.817. The summed E-state index contributed by atoms with van der Waals surface area (Å²) in [5.74, 6) is 3.03. The summed E-state index contributed by atoms with van der Waals surface area (Å²) in [6.07, 6.45) is 3.66. The molecule has 0 saturated carbocycles. The van der Waals surface area contributed by atoms with Gasteiger partial charge in [-0.15, -0.1) is 0 Å². The van der Waals surface area contributed by atoms with Crippen LogP contribution < -0.4 is 0 Å². The number of hydrogen-bond donors (Lipinski definition) is 0. The van der Waals surface area contributed by atoms with Crippen LogP contribution in [-0.4, -0.2) is 15.5 Å². The predicted octanol–water partition coefficient (Wildman–Crippen LogP) is 4.25. The first-order valence-corrected chi connectivity index (χ1v) is 8.64. The van der Waals surface area contributed by atoms with Crippen molar-refractivity contribution < 1.29 is 0 Å². The van der Waals surface area contributed by atoms with E-state index in [1.807, 2.05) is 11.8 Å². The molecule has 1 aliphatic carbocycles. The van der Waals surface area contributed by atoms with E-state index in [1.54, 1.807) is 0 Å². The lowest BCUT2D eigenvalue weighted by molar-refractivity contribution is 0.748. The summed E-state index contributed by atoms with van der Waals surface area (Å²) in [5, 5.41) is 4.89. The maximum atomic E-state index is 4.89. The minimum atomic E-state index is 0.754. The summed E-state index contributed by atoms with van der Waals surface area (Å²) in [4.78, 5) is 0. The van der Waals surface area contributed by atoms with Gasteiger partial charge in [0, 0.05) is 11.4 Å². The third-order valence-corrected chi connectivity index (χ3v) is 5.08. The molecule has 0 fully saturated rings. The minimum Gasteiger partial charge on any atom is -0.237 e. The summed E-state index contributed by atoms with van der Waals surface area (Å²) in [7, 11) is 0. The zero-order valence-electron chi connectivity index (χ0n) is 12.3. The van der Waals surface area contributed by atoms with Crippen molar-refractivity contribution in [3.63, 3.8) is 0 Å². The van der Waals surface area contributed by atoms with Crippen LogP contribution in [0, 0.1) is 5.92 Å². The zero-order valence-corrected chi connectivity index (χ0v) is 13.1. The Balaban J connectivity index is 1.86. The Kier molecular flexibility index (Phi) is 4.16. The molecule has 2 aromatic rings. The van der Waals surface area contributed by atoms with E-state index in [0.717, 1.165) is 11.7 Å².